The first-order valence-corrected chi connectivity index (χ1v) is 5.66. The average Bonchev–Trinajstić information content (AvgIpc) is 2.33. The highest BCUT2D eigenvalue weighted by Crippen LogP contribution is 2.21. The van der Waals surface area contributed by atoms with Crippen molar-refractivity contribution in [2.24, 2.45) is 0 Å². The van der Waals surface area contributed by atoms with E-state index in [-0.39, 0.29) is 6.54 Å². The molecule has 0 amide bonds. The number of hydrogen-bond donors (Lipinski definition) is 1. The highest BCUT2D eigenvalue weighted by Gasteiger charge is 2.19. The van der Waals surface area contributed by atoms with Crippen LogP contribution in [0.1, 0.15) is 17.4 Å². The topological polar surface area (TPSA) is 55.1 Å². The van der Waals surface area contributed by atoms with E-state index in [0.717, 1.165) is 16.8 Å². The predicted octanol–water partition coefficient (Wildman–Crippen LogP) is 1.56. The number of hydrogen-bond acceptors (Lipinski definition) is 3. The number of benzene rings is 1. The normalized spacial score (nSPS) is 12.4. The van der Waals surface area contributed by atoms with Crippen LogP contribution in [0.5, 0.6) is 0 Å². The minimum Gasteiger partial charge on any atom is -0.386 e. The molecule has 0 aliphatic rings. The Bertz CT molecular complexity index is 635. The third kappa shape index (κ3) is 2.85. The molecule has 1 heterocycles. The van der Waals surface area contributed by atoms with Crippen LogP contribution in [0.3, 0.4) is 0 Å². The minimum absolute atomic E-state index is 0.307. The zero-order valence-electron chi connectivity index (χ0n) is 10.2. The SMILES string of the molecule is Cc1ccc(=O)n(CC(O)c2c(F)cccc2F)n1. The Hall–Kier alpha value is -2.08. The van der Waals surface area contributed by atoms with E-state index < -0.39 is 28.9 Å². The zero-order valence-corrected chi connectivity index (χ0v) is 10.2. The van der Waals surface area contributed by atoms with Crippen LogP contribution >= 0.6 is 0 Å². The molecule has 6 heteroatoms. The van der Waals surface area contributed by atoms with Crippen LogP contribution in [-0.4, -0.2) is 14.9 Å². The second-order valence-corrected chi connectivity index (χ2v) is 4.15. The highest BCUT2D eigenvalue weighted by molar-refractivity contribution is 5.21. The molecule has 1 N–H and O–H groups in total. The lowest BCUT2D eigenvalue weighted by atomic mass is 10.1. The minimum atomic E-state index is -1.48. The molecular formula is C13H12F2N2O2. The third-order valence-electron chi connectivity index (χ3n) is 2.68. The Kier molecular flexibility index (Phi) is 3.71. The number of aromatic nitrogens is 2. The molecule has 0 radical (unpaired) electrons. The maximum Gasteiger partial charge on any atom is 0.266 e. The average molecular weight is 266 g/mol. The van der Waals surface area contributed by atoms with Gasteiger partial charge >= 0.3 is 0 Å². The first kappa shape index (κ1) is 13.4. The van der Waals surface area contributed by atoms with Gasteiger partial charge in [-0.05, 0) is 25.1 Å². The Morgan fingerprint density at radius 2 is 1.89 bits per heavy atom. The van der Waals surface area contributed by atoms with Crippen molar-refractivity contribution in [3.8, 4) is 0 Å². The maximum atomic E-state index is 13.5. The number of nitrogens with zero attached hydrogens (tertiary/aromatic N) is 2. The maximum absolute atomic E-state index is 13.5. The summed E-state index contributed by atoms with van der Waals surface area (Å²) < 4.78 is 27.9. The molecule has 1 unspecified atom stereocenters. The lowest BCUT2D eigenvalue weighted by Gasteiger charge is -2.13. The van der Waals surface area contributed by atoms with Crippen molar-refractivity contribution in [2.45, 2.75) is 19.6 Å². The van der Waals surface area contributed by atoms with Crippen molar-refractivity contribution in [2.75, 3.05) is 0 Å². The van der Waals surface area contributed by atoms with Crippen LogP contribution in [0.2, 0.25) is 0 Å². The second kappa shape index (κ2) is 5.27. The van der Waals surface area contributed by atoms with Gasteiger partial charge in [0.15, 0.2) is 0 Å². The summed E-state index contributed by atoms with van der Waals surface area (Å²) in [7, 11) is 0. The smallest absolute Gasteiger partial charge is 0.266 e. The van der Waals surface area contributed by atoms with Gasteiger partial charge in [0.05, 0.1) is 17.8 Å². The summed E-state index contributed by atoms with van der Waals surface area (Å²) in [6.45, 7) is 1.37. The molecular weight excluding hydrogens is 254 g/mol. The molecule has 2 aromatic rings. The van der Waals surface area contributed by atoms with Gasteiger partial charge in [-0.1, -0.05) is 6.07 Å². The molecule has 2 rings (SSSR count). The van der Waals surface area contributed by atoms with E-state index in [2.05, 4.69) is 5.10 Å². The summed E-state index contributed by atoms with van der Waals surface area (Å²) in [4.78, 5) is 11.5. The van der Waals surface area contributed by atoms with Crippen LogP contribution in [0.15, 0.2) is 35.1 Å². The van der Waals surface area contributed by atoms with Gasteiger partial charge in [-0.2, -0.15) is 5.10 Å². The van der Waals surface area contributed by atoms with Gasteiger partial charge in [0.25, 0.3) is 5.56 Å². The monoisotopic (exact) mass is 266 g/mol. The number of aliphatic hydroxyl groups is 1. The van der Waals surface area contributed by atoms with E-state index in [1.54, 1.807) is 6.92 Å². The van der Waals surface area contributed by atoms with Gasteiger partial charge in [-0.3, -0.25) is 4.79 Å². The van der Waals surface area contributed by atoms with Gasteiger partial charge in [-0.15, -0.1) is 0 Å². The molecule has 1 atom stereocenters. The Morgan fingerprint density at radius 3 is 2.53 bits per heavy atom. The molecule has 0 bridgehead atoms. The summed E-state index contributed by atoms with van der Waals surface area (Å²) in [5.74, 6) is -1.71. The largest absolute Gasteiger partial charge is 0.386 e. The number of aryl methyl sites for hydroxylation is 1. The van der Waals surface area contributed by atoms with Crippen molar-refractivity contribution in [1.82, 2.24) is 9.78 Å². The van der Waals surface area contributed by atoms with Crippen molar-refractivity contribution < 1.29 is 13.9 Å². The molecule has 0 aliphatic heterocycles. The molecule has 4 nitrogen and oxygen atoms in total. The summed E-state index contributed by atoms with van der Waals surface area (Å²) >= 11 is 0. The molecule has 0 aliphatic carbocycles. The molecule has 19 heavy (non-hydrogen) atoms. The lowest BCUT2D eigenvalue weighted by molar-refractivity contribution is 0.140. The lowest BCUT2D eigenvalue weighted by Crippen LogP contribution is -2.26. The van der Waals surface area contributed by atoms with E-state index in [4.69, 9.17) is 0 Å². The van der Waals surface area contributed by atoms with Crippen LogP contribution in [0.4, 0.5) is 8.78 Å². The fourth-order valence-corrected chi connectivity index (χ4v) is 1.77. The van der Waals surface area contributed by atoms with E-state index in [1.807, 2.05) is 0 Å². The van der Waals surface area contributed by atoms with Gasteiger partial charge in [0, 0.05) is 6.07 Å². The predicted molar refractivity (Wildman–Crippen MR) is 64.6 cm³/mol. The fraction of sp³-hybridized carbons (Fsp3) is 0.231. The molecule has 0 saturated carbocycles. The Morgan fingerprint density at radius 1 is 1.26 bits per heavy atom. The Labute approximate surface area is 107 Å². The summed E-state index contributed by atoms with van der Waals surface area (Å²) in [6.07, 6.45) is -1.48. The van der Waals surface area contributed by atoms with Gasteiger partial charge < -0.3 is 5.11 Å². The summed E-state index contributed by atoms with van der Waals surface area (Å²) in [6, 6.07) is 6.11. The van der Waals surface area contributed by atoms with Crippen LogP contribution in [0, 0.1) is 18.6 Å². The first-order valence-electron chi connectivity index (χ1n) is 5.66. The van der Waals surface area contributed by atoms with E-state index in [9.17, 15) is 18.7 Å². The quantitative estimate of drug-likeness (QED) is 0.917. The van der Waals surface area contributed by atoms with Gasteiger partial charge in [0.1, 0.15) is 17.7 Å². The van der Waals surface area contributed by atoms with E-state index in [1.165, 1.54) is 18.2 Å². The van der Waals surface area contributed by atoms with Crippen LogP contribution in [-0.2, 0) is 6.54 Å². The molecule has 0 saturated heterocycles. The number of rotatable bonds is 3. The molecule has 1 aromatic heterocycles. The highest BCUT2D eigenvalue weighted by atomic mass is 19.1. The summed E-state index contributed by atoms with van der Waals surface area (Å²) in [5.41, 5.74) is -0.333. The zero-order chi connectivity index (χ0) is 14.0. The summed E-state index contributed by atoms with van der Waals surface area (Å²) in [5, 5.41) is 13.8. The van der Waals surface area contributed by atoms with Crippen molar-refractivity contribution in [3.63, 3.8) is 0 Å². The van der Waals surface area contributed by atoms with Crippen molar-refractivity contribution in [1.29, 1.82) is 0 Å². The third-order valence-corrected chi connectivity index (χ3v) is 2.68. The van der Waals surface area contributed by atoms with Crippen molar-refractivity contribution >= 4 is 0 Å². The fourth-order valence-electron chi connectivity index (χ4n) is 1.77. The molecule has 0 fully saturated rings. The van der Waals surface area contributed by atoms with Gasteiger partial charge in [-0.25, -0.2) is 13.5 Å². The van der Waals surface area contributed by atoms with Crippen molar-refractivity contribution in [3.05, 3.63) is 63.6 Å². The van der Waals surface area contributed by atoms with E-state index in [0.29, 0.717) is 5.69 Å². The number of aliphatic hydroxyl groups excluding tert-OH is 1. The second-order valence-electron chi connectivity index (χ2n) is 4.15. The van der Waals surface area contributed by atoms with Crippen LogP contribution in [0.25, 0.3) is 0 Å². The Balaban J connectivity index is 2.33. The van der Waals surface area contributed by atoms with Crippen LogP contribution < -0.4 is 5.56 Å². The molecule has 1 aromatic carbocycles. The van der Waals surface area contributed by atoms with E-state index >= 15 is 0 Å². The number of halogens is 2. The standard InChI is InChI=1S/C13H12F2N2O2/c1-8-5-6-12(19)17(16-8)7-11(18)13-9(14)3-2-4-10(13)15/h2-6,11,18H,7H2,1H3. The molecule has 100 valence electrons. The first-order chi connectivity index (χ1) is 8.99. The van der Waals surface area contributed by atoms with Gasteiger partial charge in [0.2, 0.25) is 0 Å². The molecule has 0 spiro atoms.